The van der Waals surface area contributed by atoms with Crippen LogP contribution in [0.1, 0.15) is 53.0 Å². The van der Waals surface area contributed by atoms with E-state index in [1.165, 1.54) is 4.57 Å². The van der Waals surface area contributed by atoms with Crippen LogP contribution in [0.4, 0.5) is 0 Å². The molecule has 3 N–H and O–H groups in total. The van der Waals surface area contributed by atoms with Gasteiger partial charge in [0.05, 0.1) is 24.8 Å². The molecule has 9 heteroatoms. The minimum atomic E-state index is -1.29. The topological polar surface area (TPSA) is 129 Å². The van der Waals surface area contributed by atoms with Gasteiger partial charge < -0.3 is 25.0 Å². The second kappa shape index (κ2) is 11.2. The van der Waals surface area contributed by atoms with E-state index < -0.39 is 41.3 Å². The lowest BCUT2D eigenvalue weighted by atomic mass is 10.0. The van der Waals surface area contributed by atoms with Crippen LogP contribution >= 0.6 is 0 Å². The zero-order valence-corrected chi connectivity index (χ0v) is 21.0. The highest BCUT2D eigenvalue weighted by Gasteiger charge is 2.38. The molecule has 3 aromatic rings. The number of carbonyl (C=O) groups excluding carboxylic acids is 2. The molecule has 1 aliphatic rings. The summed E-state index contributed by atoms with van der Waals surface area (Å²) in [4.78, 5) is 51.8. The Morgan fingerprint density at radius 1 is 1.08 bits per heavy atom. The van der Waals surface area contributed by atoms with Crippen LogP contribution in [0, 0.1) is 0 Å². The molecular weight excluding hydrogens is 486 g/mol. The van der Waals surface area contributed by atoms with E-state index in [0.29, 0.717) is 17.7 Å². The van der Waals surface area contributed by atoms with Crippen molar-refractivity contribution in [1.82, 2.24) is 14.8 Å². The highest BCUT2D eigenvalue weighted by molar-refractivity contribution is 5.98. The van der Waals surface area contributed by atoms with Gasteiger partial charge in [-0.1, -0.05) is 60.7 Å². The monoisotopic (exact) mass is 515 g/mol. The number of amides is 2. The molecule has 2 heterocycles. The molecule has 9 nitrogen and oxygen atoms in total. The van der Waals surface area contributed by atoms with E-state index in [9.17, 15) is 24.3 Å². The lowest BCUT2D eigenvalue weighted by Crippen LogP contribution is -2.37. The Hall–Kier alpha value is -4.66. The summed E-state index contributed by atoms with van der Waals surface area (Å²) in [5, 5.41) is 22.1. The number of pyridine rings is 1. The molecule has 0 aliphatic carbocycles. The second-order valence-corrected chi connectivity index (χ2v) is 9.14. The molecule has 2 aromatic carbocycles. The molecule has 0 bridgehead atoms. The largest absolute Gasteiger partial charge is 0.506 e. The number of nitrogens with zero attached hydrogens (tertiary/aromatic N) is 2. The molecule has 0 saturated carbocycles. The molecule has 38 heavy (non-hydrogen) atoms. The predicted octanol–water partition coefficient (Wildman–Crippen LogP) is 3.45. The minimum Gasteiger partial charge on any atom is -0.506 e. The van der Waals surface area contributed by atoms with Crippen LogP contribution in [0.2, 0.25) is 0 Å². The van der Waals surface area contributed by atoms with Gasteiger partial charge >= 0.3 is 5.97 Å². The number of fused-ring (bicyclic) bond motifs is 1. The number of nitrogens with one attached hydrogen (secondary N) is 1. The third-order valence-electron chi connectivity index (χ3n) is 6.68. The predicted molar refractivity (Wildman–Crippen MR) is 142 cm³/mol. The molecule has 4 rings (SSSR count). The van der Waals surface area contributed by atoms with Gasteiger partial charge in [0.25, 0.3) is 11.5 Å². The van der Waals surface area contributed by atoms with Crippen molar-refractivity contribution in [2.45, 2.75) is 38.9 Å². The first kappa shape index (κ1) is 26.4. The van der Waals surface area contributed by atoms with Gasteiger partial charge in [0.1, 0.15) is 17.9 Å². The third-order valence-corrected chi connectivity index (χ3v) is 6.68. The maximum Gasteiger partial charge on any atom is 0.322 e. The lowest BCUT2D eigenvalue weighted by molar-refractivity contribution is -0.136. The summed E-state index contributed by atoms with van der Waals surface area (Å²) < 4.78 is 1.40. The van der Waals surface area contributed by atoms with Crippen molar-refractivity contribution in [2.75, 3.05) is 6.54 Å². The SMILES string of the molecule is C=CCCC(=O)N1Cc2c(O)c(C(=O)NCC(=O)O)c(=O)n(Cc3ccc(-c4ccccc4)cc3)c2C1C. The fourth-order valence-electron chi connectivity index (χ4n) is 4.76. The number of aromatic hydroxyl groups is 1. The summed E-state index contributed by atoms with van der Waals surface area (Å²) in [6, 6.07) is 16.9. The highest BCUT2D eigenvalue weighted by atomic mass is 16.4. The van der Waals surface area contributed by atoms with Crippen LogP contribution in [-0.4, -0.2) is 44.0 Å². The number of hydrogen-bond acceptors (Lipinski definition) is 5. The lowest BCUT2D eigenvalue weighted by Gasteiger charge is -2.23. The molecule has 1 unspecified atom stereocenters. The zero-order chi connectivity index (χ0) is 27.4. The molecule has 2 amide bonds. The molecule has 1 aliphatic heterocycles. The van der Waals surface area contributed by atoms with Crippen molar-refractivity contribution < 1.29 is 24.6 Å². The van der Waals surface area contributed by atoms with Crippen molar-refractivity contribution in [3.8, 4) is 16.9 Å². The van der Waals surface area contributed by atoms with E-state index in [2.05, 4.69) is 11.9 Å². The quantitative estimate of drug-likeness (QED) is 0.375. The number of carboxylic acids is 1. The van der Waals surface area contributed by atoms with Gasteiger partial charge in [0, 0.05) is 12.0 Å². The van der Waals surface area contributed by atoms with E-state index in [1.54, 1.807) is 17.9 Å². The molecule has 0 radical (unpaired) electrons. The normalized spacial score (nSPS) is 14.1. The molecule has 196 valence electrons. The first-order valence-electron chi connectivity index (χ1n) is 12.3. The van der Waals surface area contributed by atoms with Crippen LogP contribution in [0.5, 0.6) is 5.75 Å². The first-order chi connectivity index (χ1) is 18.2. The Bertz CT molecular complexity index is 1440. The molecule has 0 saturated heterocycles. The smallest absolute Gasteiger partial charge is 0.322 e. The number of benzene rings is 2. The summed E-state index contributed by atoms with van der Waals surface area (Å²) in [5.74, 6) is -2.98. The molecule has 1 aromatic heterocycles. The van der Waals surface area contributed by atoms with Gasteiger partial charge in [0.2, 0.25) is 5.91 Å². The summed E-state index contributed by atoms with van der Waals surface area (Å²) in [6.45, 7) is 4.82. The fourth-order valence-corrected chi connectivity index (χ4v) is 4.76. The van der Waals surface area contributed by atoms with Gasteiger partial charge in [-0.3, -0.25) is 19.2 Å². The Labute approximate surface area is 219 Å². The van der Waals surface area contributed by atoms with Crippen molar-refractivity contribution >= 4 is 17.8 Å². The average Bonchev–Trinajstić information content (AvgIpc) is 3.26. The van der Waals surface area contributed by atoms with Crippen LogP contribution in [0.25, 0.3) is 11.1 Å². The van der Waals surface area contributed by atoms with Crippen molar-refractivity contribution in [2.24, 2.45) is 0 Å². The van der Waals surface area contributed by atoms with Gasteiger partial charge in [-0.2, -0.15) is 0 Å². The fraction of sp³-hybridized carbons (Fsp3) is 0.241. The number of aromatic nitrogens is 1. The number of hydrogen-bond donors (Lipinski definition) is 3. The standard InChI is InChI=1S/C29H29N3O6/c1-3-4-10-23(33)31-17-22-26(18(31)2)32(29(38)25(27(22)36)28(37)30-15-24(34)35)16-19-11-13-21(14-12-19)20-8-6-5-7-9-20/h3,5-9,11-14,18,36H,1,4,10,15-17H2,2H3,(H,30,37)(H,34,35). The van der Waals surface area contributed by atoms with E-state index in [1.807, 2.05) is 54.6 Å². The Kier molecular flexibility index (Phi) is 7.76. The maximum atomic E-state index is 13.6. The third kappa shape index (κ3) is 5.22. The summed E-state index contributed by atoms with van der Waals surface area (Å²) in [5.41, 5.74) is 2.26. The molecule has 1 atom stereocenters. The van der Waals surface area contributed by atoms with Gasteiger partial charge in [-0.05, 0) is 30.0 Å². The first-order valence-corrected chi connectivity index (χ1v) is 12.3. The van der Waals surface area contributed by atoms with E-state index in [4.69, 9.17) is 5.11 Å². The molecule has 0 fully saturated rings. The molecular formula is C29H29N3O6. The van der Waals surface area contributed by atoms with Crippen LogP contribution in [-0.2, 0) is 22.7 Å². The number of aliphatic carboxylic acids is 1. The van der Waals surface area contributed by atoms with Crippen molar-refractivity contribution in [3.05, 3.63) is 100.0 Å². The average molecular weight is 516 g/mol. The van der Waals surface area contributed by atoms with Crippen LogP contribution in [0.15, 0.2) is 72.0 Å². The Morgan fingerprint density at radius 2 is 1.74 bits per heavy atom. The summed E-state index contributed by atoms with van der Waals surface area (Å²) in [7, 11) is 0. The van der Waals surface area contributed by atoms with Crippen LogP contribution in [0.3, 0.4) is 0 Å². The number of carboxylic acid groups (broad SMARTS) is 1. The van der Waals surface area contributed by atoms with E-state index >= 15 is 0 Å². The molecule has 0 spiro atoms. The van der Waals surface area contributed by atoms with Gasteiger partial charge in [-0.25, -0.2) is 0 Å². The van der Waals surface area contributed by atoms with Crippen molar-refractivity contribution in [3.63, 3.8) is 0 Å². The Morgan fingerprint density at radius 3 is 2.37 bits per heavy atom. The summed E-state index contributed by atoms with van der Waals surface area (Å²) >= 11 is 0. The number of carbonyl (C=O) groups is 3. The second-order valence-electron chi connectivity index (χ2n) is 9.14. The van der Waals surface area contributed by atoms with E-state index in [0.717, 1.165) is 16.7 Å². The van der Waals surface area contributed by atoms with Gasteiger partial charge in [0.15, 0.2) is 0 Å². The van der Waals surface area contributed by atoms with Gasteiger partial charge in [-0.15, -0.1) is 6.58 Å². The number of rotatable bonds is 9. The van der Waals surface area contributed by atoms with E-state index in [-0.39, 0.29) is 25.4 Å². The van der Waals surface area contributed by atoms with Crippen molar-refractivity contribution in [1.29, 1.82) is 0 Å². The zero-order valence-electron chi connectivity index (χ0n) is 21.0. The minimum absolute atomic E-state index is 0.0186. The Balaban J connectivity index is 1.77. The highest BCUT2D eigenvalue weighted by Crippen LogP contribution is 2.39. The van der Waals surface area contributed by atoms with Crippen LogP contribution < -0.4 is 10.9 Å². The summed E-state index contributed by atoms with van der Waals surface area (Å²) in [6.07, 6.45) is 2.34. The number of allylic oxidation sites excluding steroid dienone is 1. The maximum absolute atomic E-state index is 13.6.